The molecule has 1 heterocycles. The molecule has 108 valence electrons. The lowest BCUT2D eigenvalue weighted by atomic mass is 9.97. The Hall–Kier alpha value is -1.35. The molecule has 1 aliphatic heterocycles. The third kappa shape index (κ3) is 3.13. The van der Waals surface area contributed by atoms with E-state index in [1.54, 1.807) is 18.2 Å². The molecule has 2 aromatic rings. The number of benzene rings is 2. The maximum atomic E-state index is 12.7. The fourth-order valence-corrected chi connectivity index (χ4v) is 2.97. The van der Waals surface area contributed by atoms with Crippen molar-refractivity contribution in [2.75, 3.05) is 13.1 Å². The molecule has 0 unspecified atom stereocenters. The molecule has 4 heteroatoms. The Kier molecular flexibility index (Phi) is 4.29. The molecule has 0 spiro atoms. The molecule has 0 aromatic heterocycles. The van der Waals surface area contributed by atoms with E-state index in [4.69, 9.17) is 23.2 Å². The van der Waals surface area contributed by atoms with Crippen LogP contribution < -0.4 is 0 Å². The van der Waals surface area contributed by atoms with Gasteiger partial charge in [-0.25, -0.2) is 0 Å². The second-order valence-electron chi connectivity index (χ2n) is 5.24. The molecule has 0 N–H and O–H groups in total. The van der Waals surface area contributed by atoms with Gasteiger partial charge in [0.2, 0.25) is 0 Å². The van der Waals surface area contributed by atoms with Crippen LogP contribution in [0.4, 0.5) is 0 Å². The number of halogens is 2. The summed E-state index contributed by atoms with van der Waals surface area (Å²) in [5.41, 5.74) is 2.26. The molecule has 0 radical (unpaired) electrons. The van der Waals surface area contributed by atoms with Crippen LogP contribution in [0, 0.1) is 0 Å². The minimum Gasteiger partial charge on any atom is -0.299 e. The van der Waals surface area contributed by atoms with E-state index in [1.165, 1.54) is 6.42 Å². The first-order chi connectivity index (χ1) is 10.1. The Balaban J connectivity index is 1.93. The van der Waals surface area contributed by atoms with Crippen LogP contribution >= 0.6 is 23.2 Å². The van der Waals surface area contributed by atoms with Gasteiger partial charge in [0.15, 0.2) is 5.78 Å². The summed E-state index contributed by atoms with van der Waals surface area (Å²) in [6.45, 7) is 3.02. The number of hydrogen-bond donors (Lipinski definition) is 0. The summed E-state index contributed by atoms with van der Waals surface area (Å²) < 4.78 is 0. The van der Waals surface area contributed by atoms with Crippen LogP contribution in [-0.4, -0.2) is 23.8 Å². The number of ketones is 1. The Bertz CT molecular complexity index is 680. The molecular weight excluding hydrogens is 305 g/mol. The number of hydrogen-bond acceptors (Lipinski definition) is 2. The van der Waals surface area contributed by atoms with Gasteiger partial charge in [0.1, 0.15) is 0 Å². The van der Waals surface area contributed by atoms with Gasteiger partial charge in [-0.1, -0.05) is 47.5 Å². The Morgan fingerprint density at radius 1 is 1.05 bits per heavy atom. The van der Waals surface area contributed by atoms with Crippen LogP contribution in [0.15, 0.2) is 42.5 Å². The highest BCUT2D eigenvalue weighted by Gasteiger charge is 2.20. The SMILES string of the molecule is O=C(c1ccc(Cl)cc1Cl)c1ccccc1CN1CCC1. The van der Waals surface area contributed by atoms with E-state index in [1.807, 2.05) is 24.3 Å². The van der Waals surface area contributed by atoms with Crippen LogP contribution in [0.5, 0.6) is 0 Å². The van der Waals surface area contributed by atoms with Crippen LogP contribution in [0.25, 0.3) is 0 Å². The van der Waals surface area contributed by atoms with Crippen molar-refractivity contribution in [3.8, 4) is 0 Å². The summed E-state index contributed by atoms with van der Waals surface area (Å²) in [6.07, 6.45) is 1.24. The maximum absolute atomic E-state index is 12.7. The number of rotatable bonds is 4. The van der Waals surface area contributed by atoms with Gasteiger partial charge in [-0.3, -0.25) is 9.69 Å². The minimum absolute atomic E-state index is 0.0483. The lowest BCUT2D eigenvalue weighted by Crippen LogP contribution is -2.36. The minimum atomic E-state index is -0.0483. The van der Waals surface area contributed by atoms with Crippen LogP contribution in [0.1, 0.15) is 27.9 Å². The zero-order valence-corrected chi connectivity index (χ0v) is 13.0. The first kappa shape index (κ1) is 14.6. The van der Waals surface area contributed by atoms with Crippen molar-refractivity contribution in [1.29, 1.82) is 0 Å². The molecule has 0 saturated carbocycles. The zero-order valence-electron chi connectivity index (χ0n) is 11.5. The summed E-state index contributed by atoms with van der Waals surface area (Å²) in [5.74, 6) is -0.0483. The molecule has 2 nitrogen and oxygen atoms in total. The van der Waals surface area contributed by atoms with Gasteiger partial charge < -0.3 is 0 Å². The predicted molar refractivity (Wildman–Crippen MR) is 86.2 cm³/mol. The summed E-state index contributed by atoms with van der Waals surface area (Å²) in [5, 5.41) is 0.927. The van der Waals surface area contributed by atoms with Gasteiger partial charge in [0.05, 0.1) is 5.02 Å². The van der Waals surface area contributed by atoms with Crippen LogP contribution in [-0.2, 0) is 6.54 Å². The second-order valence-corrected chi connectivity index (χ2v) is 6.08. The fourth-order valence-electron chi connectivity index (χ4n) is 2.48. The number of carbonyl (C=O) groups excluding carboxylic acids is 1. The van der Waals surface area contributed by atoms with Crippen molar-refractivity contribution in [2.45, 2.75) is 13.0 Å². The first-order valence-electron chi connectivity index (χ1n) is 6.95. The normalized spacial score (nSPS) is 14.8. The number of likely N-dealkylation sites (tertiary alicyclic amines) is 1. The molecule has 0 aliphatic carbocycles. The summed E-state index contributed by atoms with van der Waals surface area (Å²) in [4.78, 5) is 15.1. The van der Waals surface area contributed by atoms with E-state index in [2.05, 4.69) is 4.90 Å². The zero-order chi connectivity index (χ0) is 14.8. The Morgan fingerprint density at radius 2 is 1.81 bits per heavy atom. The van der Waals surface area contributed by atoms with Crippen molar-refractivity contribution in [3.05, 3.63) is 69.2 Å². The standard InChI is InChI=1S/C17H15Cl2NO/c18-13-6-7-15(16(19)10-13)17(21)14-5-2-1-4-12(14)11-20-8-3-9-20/h1-2,4-7,10H,3,8-9,11H2. The molecule has 2 aromatic carbocycles. The average molecular weight is 320 g/mol. The molecule has 1 saturated heterocycles. The van der Waals surface area contributed by atoms with E-state index in [9.17, 15) is 4.79 Å². The molecule has 1 aliphatic rings. The van der Waals surface area contributed by atoms with E-state index in [-0.39, 0.29) is 5.78 Å². The third-order valence-electron chi connectivity index (χ3n) is 3.78. The van der Waals surface area contributed by atoms with Gasteiger partial charge in [0.25, 0.3) is 0 Å². The lowest BCUT2D eigenvalue weighted by Gasteiger charge is -2.31. The Morgan fingerprint density at radius 3 is 2.48 bits per heavy atom. The lowest BCUT2D eigenvalue weighted by molar-refractivity contribution is 0.103. The topological polar surface area (TPSA) is 20.3 Å². The van der Waals surface area contributed by atoms with Gasteiger partial charge in [-0.05, 0) is 43.3 Å². The number of carbonyl (C=O) groups is 1. The molecule has 0 amide bonds. The van der Waals surface area contributed by atoms with Crippen molar-refractivity contribution in [3.63, 3.8) is 0 Å². The number of nitrogens with zero attached hydrogens (tertiary/aromatic N) is 1. The second kappa shape index (κ2) is 6.18. The van der Waals surface area contributed by atoms with Crippen molar-refractivity contribution < 1.29 is 4.79 Å². The monoisotopic (exact) mass is 319 g/mol. The van der Waals surface area contributed by atoms with Gasteiger partial charge in [-0.2, -0.15) is 0 Å². The van der Waals surface area contributed by atoms with E-state index in [0.29, 0.717) is 21.2 Å². The smallest absolute Gasteiger partial charge is 0.194 e. The molecule has 1 fully saturated rings. The highest BCUT2D eigenvalue weighted by Crippen LogP contribution is 2.25. The first-order valence-corrected chi connectivity index (χ1v) is 7.71. The largest absolute Gasteiger partial charge is 0.299 e. The summed E-state index contributed by atoms with van der Waals surface area (Å²) >= 11 is 12.0. The maximum Gasteiger partial charge on any atom is 0.194 e. The van der Waals surface area contributed by atoms with Crippen molar-refractivity contribution in [1.82, 2.24) is 4.90 Å². The summed E-state index contributed by atoms with van der Waals surface area (Å²) in [7, 11) is 0. The quantitative estimate of drug-likeness (QED) is 0.777. The third-order valence-corrected chi connectivity index (χ3v) is 4.33. The van der Waals surface area contributed by atoms with Crippen LogP contribution in [0.2, 0.25) is 10.0 Å². The fraction of sp³-hybridized carbons (Fsp3) is 0.235. The predicted octanol–water partition coefficient (Wildman–Crippen LogP) is 4.43. The van der Waals surface area contributed by atoms with E-state index < -0.39 is 0 Å². The van der Waals surface area contributed by atoms with Crippen LogP contribution in [0.3, 0.4) is 0 Å². The van der Waals surface area contributed by atoms with Gasteiger partial charge in [-0.15, -0.1) is 0 Å². The average Bonchev–Trinajstić information content (AvgIpc) is 2.43. The molecule has 21 heavy (non-hydrogen) atoms. The molecule has 0 bridgehead atoms. The molecular formula is C17H15Cl2NO. The Labute approximate surface area is 134 Å². The molecule has 3 rings (SSSR count). The highest BCUT2D eigenvalue weighted by atomic mass is 35.5. The van der Waals surface area contributed by atoms with Crippen molar-refractivity contribution >= 4 is 29.0 Å². The highest BCUT2D eigenvalue weighted by molar-refractivity contribution is 6.37. The van der Waals surface area contributed by atoms with Crippen molar-refractivity contribution in [2.24, 2.45) is 0 Å². The summed E-state index contributed by atoms with van der Waals surface area (Å²) in [6, 6.07) is 12.7. The van der Waals surface area contributed by atoms with E-state index in [0.717, 1.165) is 25.2 Å². The molecule has 0 atom stereocenters. The van der Waals surface area contributed by atoms with E-state index >= 15 is 0 Å². The van der Waals surface area contributed by atoms with Gasteiger partial charge >= 0.3 is 0 Å². The van der Waals surface area contributed by atoms with Gasteiger partial charge in [0, 0.05) is 22.7 Å².